The van der Waals surface area contributed by atoms with Gasteiger partial charge in [0.2, 0.25) is 0 Å². The lowest BCUT2D eigenvalue weighted by atomic mass is 9.93. The van der Waals surface area contributed by atoms with Gasteiger partial charge >= 0.3 is 6.09 Å². The summed E-state index contributed by atoms with van der Waals surface area (Å²) < 4.78 is 0. The van der Waals surface area contributed by atoms with Crippen LogP contribution in [0.5, 0.6) is 0 Å². The van der Waals surface area contributed by atoms with Crippen LogP contribution in [-0.2, 0) is 0 Å². The molecule has 70 valence electrons. The van der Waals surface area contributed by atoms with E-state index in [-0.39, 0.29) is 12.6 Å². The monoisotopic (exact) mass is 174 g/mol. The van der Waals surface area contributed by atoms with Crippen LogP contribution in [0.4, 0.5) is 4.79 Å². The van der Waals surface area contributed by atoms with Gasteiger partial charge in [-0.3, -0.25) is 0 Å². The molecule has 1 atom stereocenters. The van der Waals surface area contributed by atoms with Crippen LogP contribution in [0.2, 0.25) is 0 Å². The smallest absolute Gasteiger partial charge is 0.407 e. The first kappa shape index (κ1) is 9.28. The Morgan fingerprint density at radius 3 is 2.67 bits per heavy atom. The maximum atomic E-state index is 10.3. The molecule has 0 saturated carbocycles. The molecule has 0 aliphatic carbocycles. The van der Waals surface area contributed by atoms with E-state index in [1.54, 1.807) is 0 Å². The molecule has 5 nitrogen and oxygen atoms in total. The molecule has 0 aromatic heterocycles. The summed E-state index contributed by atoms with van der Waals surface area (Å²) in [5.41, 5.74) is 5.49. The van der Waals surface area contributed by atoms with Crippen LogP contribution in [0.15, 0.2) is 0 Å². The standard InChI is InChI=1S/C7H14N2O3/c8-6(4-10)1-5-2-9(3-5)7(11)12/h5-6,10H,1-4,8H2,(H,11,12)/t6-/m0/s1. The fraction of sp³-hybridized carbons (Fsp3) is 0.857. The second-order valence-corrected chi connectivity index (χ2v) is 3.23. The van der Waals surface area contributed by atoms with Gasteiger partial charge < -0.3 is 20.8 Å². The molecule has 0 unspecified atom stereocenters. The third kappa shape index (κ3) is 2.09. The highest BCUT2D eigenvalue weighted by molar-refractivity contribution is 5.65. The largest absolute Gasteiger partial charge is 0.465 e. The Morgan fingerprint density at radius 2 is 2.25 bits per heavy atom. The molecule has 0 aromatic rings. The Kier molecular flexibility index (Phi) is 2.88. The zero-order valence-electron chi connectivity index (χ0n) is 6.81. The minimum absolute atomic E-state index is 0.0242. The number of aliphatic hydroxyl groups excluding tert-OH is 1. The summed E-state index contributed by atoms with van der Waals surface area (Å²) in [6.07, 6.45) is -0.163. The second kappa shape index (κ2) is 3.73. The molecule has 1 heterocycles. The van der Waals surface area contributed by atoms with Gasteiger partial charge in [0, 0.05) is 19.1 Å². The average molecular weight is 174 g/mol. The highest BCUT2D eigenvalue weighted by Gasteiger charge is 2.30. The Morgan fingerprint density at radius 1 is 1.67 bits per heavy atom. The second-order valence-electron chi connectivity index (χ2n) is 3.23. The summed E-state index contributed by atoms with van der Waals surface area (Å²) in [5.74, 6) is 0.336. The molecule has 1 aliphatic rings. The minimum atomic E-state index is -0.871. The topological polar surface area (TPSA) is 86.8 Å². The van der Waals surface area contributed by atoms with Crippen LogP contribution < -0.4 is 5.73 Å². The van der Waals surface area contributed by atoms with Gasteiger partial charge in [-0.2, -0.15) is 0 Å². The number of aliphatic hydroxyl groups is 1. The Hall–Kier alpha value is -0.810. The van der Waals surface area contributed by atoms with Gasteiger partial charge in [-0.05, 0) is 12.3 Å². The van der Waals surface area contributed by atoms with Crippen molar-refractivity contribution in [1.29, 1.82) is 0 Å². The highest BCUT2D eigenvalue weighted by atomic mass is 16.4. The molecular weight excluding hydrogens is 160 g/mol. The molecule has 1 fully saturated rings. The lowest BCUT2D eigenvalue weighted by Gasteiger charge is -2.38. The van der Waals surface area contributed by atoms with Crippen molar-refractivity contribution < 1.29 is 15.0 Å². The summed E-state index contributed by atoms with van der Waals surface area (Å²) in [7, 11) is 0. The quantitative estimate of drug-likeness (QED) is 0.528. The number of hydrogen-bond acceptors (Lipinski definition) is 3. The summed E-state index contributed by atoms with van der Waals surface area (Å²) in [6, 6.07) is -0.203. The molecule has 4 N–H and O–H groups in total. The van der Waals surface area contributed by atoms with Crippen molar-refractivity contribution in [2.45, 2.75) is 12.5 Å². The van der Waals surface area contributed by atoms with Crippen molar-refractivity contribution in [3.8, 4) is 0 Å². The van der Waals surface area contributed by atoms with Crippen LogP contribution in [0.3, 0.4) is 0 Å². The Bertz CT molecular complexity index is 168. The molecule has 0 aromatic carbocycles. The van der Waals surface area contributed by atoms with Crippen molar-refractivity contribution in [2.75, 3.05) is 19.7 Å². The van der Waals surface area contributed by atoms with Gasteiger partial charge in [0.05, 0.1) is 6.61 Å². The van der Waals surface area contributed by atoms with E-state index in [4.69, 9.17) is 15.9 Å². The summed E-state index contributed by atoms with van der Waals surface area (Å²) in [6.45, 7) is 1.09. The number of carbonyl (C=O) groups is 1. The van der Waals surface area contributed by atoms with Crippen molar-refractivity contribution in [2.24, 2.45) is 11.7 Å². The molecule has 5 heteroatoms. The number of nitrogens with zero attached hydrogens (tertiary/aromatic N) is 1. The number of carboxylic acid groups (broad SMARTS) is 1. The number of rotatable bonds is 3. The fourth-order valence-corrected chi connectivity index (χ4v) is 1.38. The predicted octanol–water partition coefficient (Wildman–Crippen LogP) is -0.694. The van der Waals surface area contributed by atoms with E-state index in [1.165, 1.54) is 4.90 Å². The molecule has 1 aliphatic heterocycles. The van der Waals surface area contributed by atoms with E-state index in [2.05, 4.69) is 0 Å². The first-order valence-electron chi connectivity index (χ1n) is 3.97. The normalized spacial score (nSPS) is 20.3. The van der Waals surface area contributed by atoms with Crippen molar-refractivity contribution in [3.05, 3.63) is 0 Å². The molecular formula is C7H14N2O3. The zero-order chi connectivity index (χ0) is 9.14. The summed E-state index contributed by atoms with van der Waals surface area (Å²) >= 11 is 0. The minimum Gasteiger partial charge on any atom is -0.465 e. The van der Waals surface area contributed by atoms with Gasteiger partial charge in [0.15, 0.2) is 0 Å². The number of nitrogens with two attached hydrogens (primary N) is 1. The molecule has 0 bridgehead atoms. The van der Waals surface area contributed by atoms with Crippen molar-refractivity contribution >= 4 is 6.09 Å². The third-order valence-electron chi connectivity index (χ3n) is 2.10. The van der Waals surface area contributed by atoms with Gasteiger partial charge in [0.25, 0.3) is 0 Å². The Labute approximate surface area is 70.8 Å². The SMILES string of the molecule is N[C@H](CO)CC1CN(C(=O)O)C1. The molecule has 0 spiro atoms. The van der Waals surface area contributed by atoms with Crippen LogP contribution in [0.1, 0.15) is 6.42 Å². The number of hydrogen-bond donors (Lipinski definition) is 3. The van der Waals surface area contributed by atoms with Crippen LogP contribution in [-0.4, -0.2) is 46.9 Å². The zero-order valence-corrected chi connectivity index (χ0v) is 6.81. The van der Waals surface area contributed by atoms with E-state index >= 15 is 0 Å². The third-order valence-corrected chi connectivity index (χ3v) is 2.10. The lowest BCUT2D eigenvalue weighted by molar-refractivity contribution is 0.0720. The van der Waals surface area contributed by atoms with Crippen molar-refractivity contribution in [1.82, 2.24) is 4.90 Å². The van der Waals surface area contributed by atoms with Crippen LogP contribution in [0, 0.1) is 5.92 Å². The maximum Gasteiger partial charge on any atom is 0.407 e. The number of likely N-dealkylation sites (tertiary alicyclic amines) is 1. The van der Waals surface area contributed by atoms with E-state index in [1.807, 2.05) is 0 Å². The molecule has 0 radical (unpaired) electrons. The first-order chi connectivity index (χ1) is 5.63. The first-order valence-corrected chi connectivity index (χ1v) is 3.97. The summed E-state index contributed by atoms with van der Waals surface area (Å²) in [5, 5.41) is 17.1. The fourth-order valence-electron chi connectivity index (χ4n) is 1.38. The Balaban J connectivity index is 2.13. The van der Waals surface area contributed by atoms with E-state index in [0.717, 1.165) is 0 Å². The molecule has 12 heavy (non-hydrogen) atoms. The van der Waals surface area contributed by atoms with Crippen molar-refractivity contribution in [3.63, 3.8) is 0 Å². The summed E-state index contributed by atoms with van der Waals surface area (Å²) in [4.78, 5) is 11.7. The van der Waals surface area contributed by atoms with Crippen LogP contribution in [0.25, 0.3) is 0 Å². The van der Waals surface area contributed by atoms with Gasteiger partial charge in [-0.15, -0.1) is 0 Å². The maximum absolute atomic E-state index is 10.3. The van der Waals surface area contributed by atoms with E-state index in [0.29, 0.717) is 25.4 Å². The average Bonchev–Trinajstić information content (AvgIpc) is 1.94. The van der Waals surface area contributed by atoms with E-state index < -0.39 is 6.09 Å². The molecule has 1 amide bonds. The predicted molar refractivity (Wildman–Crippen MR) is 42.8 cm³/mol. The molecule has 1 saturated heterocycles. The van der Waals surface area contributed by atoms with Gasteiger partial charge in [-0.25, -0.2) is 4.79 Å². The number of amides is 1. The molecule has 1 rings (SSSR count). The van der Waals surface area contributed by atoms with E-state index in [9.17, 15) is 4.79 Å². The highest BCUT2D eigenvalue weighted by Crippen LogP contribution is 2.19. The van der Waals surface area contributed by atoms with Gasteiger partial charge in [-0.1, -0.05) is 0 Å². The van der Waals surface area contributed by atoms with Gasteiger partial charge in [0.1, 0.15) is 0 Å². The lowest BCUT2D eigenvalue weighted by Crippen LogP contribution is -2.51. The van der Waals surface area contributed by atoms with Crippen LogP contribution >= 0.6 is 0 Å².